The van der Waals surface area contributed by atoms with Crippen LogP contribution >= 0.6 is 0 Å². The van der Waals surface area contributed by atoms with Crippen molar-refractivity contribution in [3.8, 4) is 5.88 Å². The third kappa shape index (κ3) is 2.93. The van der Waals surface area contributed by atoms with Crippen molar-refractivity contribution in [2.45, 2.75) is 20.8 Å². The number of hydrogen-bond donors (Lipinski definition) is 1. The van der Waals surface area contributed by atoms with Gasteiger partial charge in [0.25, 0.3) is 5.91 Å². The molecule has 0 spiro atoms. The van der Waals surface area contributed by atoms with Gasteiger partial charge in [0.2, 0.25) is 5.88 Å². The fraction of sp³-hybridized carbons (Fsp3) is 0.286. The average molecular weight is 260 g/mol. The number of nitrogens with zero attached hydrogens (tertiary/aromatic N) is 1. The number of amides is 1. The normalized spacial score (nSPS) is 10.3. The van der Waals surface area contributed by atoms with E-state index in [1.165, 1.54) is 0 Å². The van der Waals surface area contributed by atoms with Gasteiger partial charge in [-0.2, -0.15) is 0 Å². The van der Waals surface area contributed by atoms with Crippen molar-refractivity contribution in [3.63, 3.8) is 0 Å². The number of aryl methyl sites for hydroxylation is 2. The first-order valence-corrected chi connectivity index (χ1v) is 6.08. The maximum absolute atomic E-state index is 12.2. The van der Waals surface area contributed by atoms with Crippen LogP contribution in [0.3, 0.4) is 0 Å². The number of pyridine rings is 1. The van der Waals surface area contributed by atoms with E-state index in [-0.39, 0.29) is 5.91 Å². The fourth-order valence-electron chi connectivity index (χ4n) is 1.78. The molecular formula is C14H16N2O3. The fourth-order valence-corrected chi connectivity index (χ4v) is 1.78. The molecule has 0 fully saturated rings. The molecule has 0 atom stereocenters. The van der Waals surface area contributed by atoms with Gasteiger partial charge in [-0.15, -0.1) is 0 Å². The Morgan fingerprint density at radius 3 is 2.89 bits per heavy atom. The number of hydrogen-bond acceptors (Lipinski definition) is 4. The van der Waals surface area contributed by atoms with Crippen LogP contribution in [-0.4, -0.2) is 17.5 Å². The minimum Gasteiger partial charge on any atom is -0.476 e. The molecule has 0 bridgehead atoms. The van der Waals surface area contributed by atoms with Gasteiger partial charge in [0.1, 0.15) is 17.2 Å². The van der Waals surface area contributed by atoms with Crippen molar-refractivity contribution < 1.29 is 13.9 Å². The van der Waals surface area contributed by atoms with Crippen molar-refractivity contribution in [1.29, 1.82) is 0 Å². The van der Waals surface area contributed by atoms with Gasteiger partial charge in [-0.05, 0) is 39.0 Å². The molecule has 2 aromatic heterocycles. The van der Waals surface area contributed by atoms with Gasteiger partial charge in [0.05, 0.1) is 12.2 Å². The SMILES string of the molecule is CCOc1ncccc1NC(=O)c1cc(C)oc1C. The quantitative estimate of drug-likeness (QED) is 0.918. The molecule has 0 saturated heterocycles. The number of aromatic nitrogens is 1. The van der Waals surface area contributed by atoms with Crippen molar-refractivity contribution in [3.05, 3.63) is 41.5 Å². The van der Waals surface area contributed by atoms with Crippen LogP contribution in [0.25, 0.3) is 0 Å². The van der Waals surface area contributed by atoms with E-state index in [1.807, 2.05) is 6.92 Å². The van der Waals surface area contributed by atoms with Gasteiger partial charge in [0.15, 0.2) is 0 Å². The van der Waals surface area contributed by atoms with Crippen molar-refractivity contribution >= 4 is 11.6 Å². The second-order valence-corrected chi connectivity index (χ2v) is 4.07. The third-order valence-corrected chi connectivity index (χ3v) is 2.59. The molecule has 19 heavy (non-hydrogen) atoms. The molecule has 2 heterocycles. The standard InChI is InChI=1S/C14H16N2O3/c1-4-18-14-12(6-5-7-15-14)16-13(17)11-8-9(2)19-10(11)3/h5-8H,4H2,1-3H3,(H,16,17). The highest BCUT2D eigenvalue weighted by Crippen LogP contribution is 2.22. The molecule has 0 aliphatic heterocycles. The molecule has 100 valence electrons. The summed E-state index contributed by atoms with van der Waals surface area (Å²) >= 11 is 0. The molecule has 5 heteroatoms. The summed E-state index contributed by atoms with van der Waals surface area (Å²) in [5.41, 5.74) is 1.07. The first kappa shape index (κ1) is 13.1. The first-order chi connectivity index (χ1) is 9.11. The van der Waals surface area contributed by atoms with Gasteiger partial charge in [-0.25, -0.2) is 4.98 Å². The summed E-state index contributed by atoms with van der Waals surface area (Å²) < 4.78 is 10.7. The Hall–Kier alpha value is -2.30. The number of rotatable bonds is 4. The highest BCUT2D eigenvalue weighted by molar-refractivity contribution is 6.05. The minimum atomic E-state index is -0.233. The molecular weight excluding hydrogens is 244 g/mol. The highest BCUT2D eigenvalue weighted by atomic mass is 16.5. The van der Waals surface area contributed by atoms with Crippen molar-refractivity contribution in [2.24, 2.45) is 0 Å². The van der Waals surface area contributed by atoms with Gasteiger partial charge in [-0.3, -0.25) is 4.79 Å². The summed E-state index contributed by atoms with van der Waals surface area (Å²) in [5, 5.41) is 2.78. The molecule has 0 saturated carbocycles. The van der Waals surface area contributed by atoms with Crippen LogP contribution in [0, 0.1) is 13.8 Å². The van der Waals surface area contributed by atoms with E-state index in [1.54, 1.807) is 38.2 Å². The summed E-state index contributed by atoms with van der Waals surface area (Å²) in [5.74, 6) is 1.48. The van der Waals surface area contributed by atoms with Crippen molar-refractivity contribution in [2.75, 3.05) is 11.9 Å². The predicted octanol–water partition coefficient (Wildman–Crippen LogP) is 2.94. The van der Waals surface area contributed by atoms with E-state index in [0.29, 0.717) is 35.3 Å². The molecule has 2 aromatic rings. The summed E-state index contributed by atoms with van der Waals surface area (Å²) in [6, 6.07) is 5.20. The molecule has 1 N–H and O–H groups in total. The van der Waals surface area contributed by atoms with E-state index in [0.717, 1.165) is 0 Å². The first-order valence-electron chi connectivity index (χ1n) is 6.08. The van der Waals surface area contributed by atoms with Crippen LogP contribution in [0.15, 0.2) is 28.8 Å². The summed E-state index contributed by atoms with van der Waals surface area (Å²) in [6.07, 6.45) is 1.62. The highest BCUT2D eigenvalue weighted by Gasteiger charge is 2.15. The molecule has 1 amide bonds. The Balaban J connectivity index is 2.21. The smallest absolute Gasteiger partial charge is 0.259 e. The van der Waals surface area contributed by atoms with Gasteiger partial charge in [-0.1, -0.05) is 0 Å². The number of carbonyl (C=O) groups is 1. The number of anilines is 1. The molecule has 5 nitrogen and oxygen atoms in total. The number of ether oxygens (including phenoxy) is 1. The van der Waals surface area contributed by atoms with Crippen LogP contribution in [0.4, 0.5) is 5.69 Å². The monoisotopic (exact) mass is 260 g/mol. The van der Waals surface area contributed by atoms with Crippen LogP contribution < -0.4 is 10.1 Å². The Kier molecular flexibility index (Phi) is 3.85. The topological polar surface area (TPSA) is 64.4 Å². The molecule has 0 aliphatic carbocycles. The molecule has 0 aromatic carbocycles. The van der Waals surface area contributed by atoms with E-state index in [9.17, 15) is 4.79 Å². The molecule has 0 unspecified atom stereocenters. The second-order valence-electron chi connectivity index (χ2n) is 4.07. The summed E-state index contributed by atoms with van der Waals surface area (Å²) in [7, 11) is 0. The number of furan rings is 1. The van der Waals surface area contributed by atoms with E-state index in [4.69, 9.17) is 9.15 Å². The largest absolute Gasteiger partial charge is 0.476 e. The maximum atomic E-state index is 12.2. The lowest BCUT2D eigenvalue weighted by Gasteiger charge is -2.09. The maximum Gasteiger partial charge on any atom is 0.259 e. The minimum absolute atomic E-state index is 0.233. The van der Waals surface area contributed by atoms with E-state index in [2.05, 4.69) is 10.3 Å². The Morgan fingerprint density at radius 2 is 2.26 bits per heavy atom. The lowest BCUT2D eigenvalue weighted by molar-refractivity contribution is 0.102. The Labute approximate surface area is 111 Å². The van der Waals surface area contributed by atoms with Crippen LogP contribution in [0.2, 0.25) is 0 Å². The Morgan fingerprint density at radius 1 is 1.47 bits per heavy atom. The van der Waals surface area contributed by atoms with Gasteiger partial charge in [0, 0.05) is 6.20 Å². The van der Waals surface area contributed by atoms with Gasteiger partial charge >= 0.3 is 0 Å². The number of carbonyl (C=O) groups excluding carboxylic acids is 1. The summed E-state index contributed by atoms with van der Waals surface area (Å²) in [4.78, 5) is 16.2. The lowest BCUT2D eigenvalue weighted by atomic mass is 10.2. The van der Waals surface area contributed by atoms with Crippen LogP contribution in [0.1, 0.15) is 28.8 Å². The lowest BCUT2D eigenvalue weighted by Crippen LogP contribution is -2.13. The van der Waals surface area contributed by atoms with Crippen LogP contribution in [-0.2, 0) is 0 Å². The predicted molar refractivity (Wildman–Crippen MR) is 71.5 cm³/mol. The number of nitrogens with one attached hydrogen (secondary N) is 1. The van der Waals surface area contributed by atoms with Gasteiger partial charge < -0.3 is 14.5 Å². The molecule has 2 rings (SSSR count). The van der Waals surface area contributed by atoms with Crippen LogP contribution in [0.5, 0.6) is 5.88 Å². The Bertz CT molecular complexity index is 590. The van der Waals surface area contributed by atoms with Crippen molar-refractivity contribution in [1.82, 2.24) is 4.98 Å². The summed E-state index contributed by atoms with van der Waals surface area (Å²) in [6.45, 7) is 5.92. The van der Waals surface area contributed by atoms with E-state index < -0.39 is 0 Å². The zero-order chi connectivity index (χ0) is 13.8. The average Bonchev–Trinajstić information content (AvgIpc) is 2.71. The third-order valence-electron chi connectivity index (χ3n) is 2.59. The van der Waals surface area contributed by atoms with E-state index >= 15 is 0 Å². The molecule has 0 aliphatic rings. The zero-order valence-electron chi connectivity index (χ0n) is 11.2. The zero-order valence-corrected chi connectivity index (χ0v) is 11.2. The second kappa shape index (κ2) is 5.56. The molecule has 0 radical (unpaired) electrons.